The highest BCUT2D eigenvalue weighted by molar-refractivity contribution is 5.71. The molecule has 2 aromatic rings. The molecule has 0 aliphatic rings. The van der Waals surface area contributed by atoms with E-state index < -0.39 is 0 Å². The van der Waals surface area contributed by atoms with Crippen molar-refractivity contribution in [3.8, 4) is 11.8 Å². The molecule has 0 aromatic carbocycles. The highest BCUT2D eigenvalue weighted by atomic mass is 14.9. The van der Waals surface area contributed by atoms with E-state index in [-0.39, 0.29) is 0 Å². The lowest BCUT2D eigenvalue weighted by Gasteiger charge is -1.90. The van der Waals surface area contributed by atoms with Crippen molar-refractivity contribution in [3.63, 3.8) is 0 Å². The maximum absolute atomic E-state index is 4.18. The molecule has 76 valence electrons. The summed E-state index contributed by atoms with van der Waals surface area (Å²) in [4.78, 5) is 11.2. The van der Waals surface area contributed by atoms with E-state index in [1.54, 1.807) is 12.5 Å². The van der Waals surface area contributed by atoms with Crippen LogP contribution in [0.15, 0.2) is 18.6 Å². The molecule has 0 saturated heterocycles. The van der Waals surface area contributed by atoms with Crippen molar-refractivity contribution in [2.75, 3.05) is 13.6 Å². The van der Waals surface area contributed by atoms with Gasteiger partial charge in [0.2, 0.25) is 0 Å². The average Bonchev–Trinajstić information content (AvgIpc) is 2.71. The molecule has 0 unspecified atom stereocenters. The van der Waals surface area contributed by atoms with Crippen molar-refractivity contribution in [2.24, 2.45) is 0 Å². The molecule has 0 saturated carbocycles. The Bertz CT molecular complexity index is 504. The maximum Gasteiger partial charge on any atom is 0.177 e. The number of aromatic amines is 1. The van der Waals surface area contributed by atoms with Crippen LogP contribution in [0, 0.1) is 11.8 Å². The summed E-state index contributed by atoms with van der Waals surface area (Å²) >= 11 is 0. The van der Waals surface area contributed by atoms with E-state index in [1.807, 2.05) is 13.1 Å². The Kier molecular flexibility index (Phi) is 2.96. The SMILES string of the molecule is CNCCC#Cc1cnc2nc[nH]c2c1. The molecule has 2 rings (SSSR count). The van der Waals surface area contributed by atoms with Crippen molar-refractivity contribution in [2.45, 2.75) is 6.42 Å². The van der Waals surface area contributed by atoms with Crippen molar-refractivity contribution >= 4 is 11.2 Å². The summed E-state index contributed by atoms with van der Waals surface area (Å²) in [6, 6.07) is 1.96. The highest BCUT2D eigenvalue weighted by Gasteiger charge is 1.96. The van der Waals surface area contributed by atoms with Gasteiger partial charge in [-0.05, 0) is 13.1 Å². The standard InChI is InChI=1S/C11H12N4/c1-12-5-3-2-4-9-6-10-11(13-7-9)15-8-14-10/h6-8,12H,3,5H2,1H3,(H,13,14,15). The van der Waals surface area contributed by atoms with Crippen LogP contribution in [0.3, 0.4) is 0 Å². The second kappa shape index (κ2) is 4.58. The van der Waals surface area contributed by atoms with E-state index in [4.69, 9.17) is 0 Å². The minimum atomic E-state index is 0.732. The number of rotatable bonds is 2. The average molecular weight is 200 g/mol. The number of imidazole rings is 1. The molecule has 0 aliphatic heterocycles. The number of H-pyrrole nitrogens is 1. The Morgan fingerprint density at radius 1 is 1.47 bits per heavy atom. The van der Waals surface area contributed by atoms with Crippen LogP contribution in [0.1, 0.15) is 12.0 Å². The molecule has 4 nitrogen and oxygen atoms in total. The van der Waals surface area contributed by atoms with Gasteiger partial charge in [-0.1, -0.05) is 11.8 Å². The Hall–Kier alpha value is -1.86. The van der Waals surface area contributed by atoms with Gasteiger partial charge in [-0.25, -0.2) is 9.97 Å². The number of hydrogen-bond donors (Lipinski definition) is 2. The molecule has 0 bridgehead atoms. The van der Waals surface area contributed by atoms with Crippen LogP contribution in [0.5, 0.6) is 0 Å². The maximum atomic E-state index is 4.18. The smallest absolute Gasteiger partial charge is 0.177 e. The second-order valence-electron chi connectivity index (χ2n) is 3.15. The van der Waals surface area contributed by atoms with Gasteiger partial charge >= 0.3 is 0 Å². The molecule has 0 atom stereocenters. The van der Waals surface area contributed by atoms with Crippen molar-refractivity contribution in [1.29, 1.82) is 0 Å². The highest BCUT2D eigenvalue weighted by Crippen LogP contribution is 2.06. The van der Waals surface area contributed by atoms with E-state index in [9.17, 15) is 0 Å². The van der Waals surface area contributed by atoms with Crippen LogP contribution in [0.4, 0.5) is 0 Å². The third-order valence-corrected chi connectivity index (χ3v) is 2.01. The molecular weight excluding hydrogens is 188 g/mol. The van der Waals surface area contributed by atoms with Gasteiger partial charge in [0.15, 0.2) is 5.65 Å². The lowest BCUT2D eigenvalue weighted by molar-refractivity contribution is 0.818. The summed E-state index contributed by atoms with van der Waals surface area (Å²) in [6.45, 7) is 0.909. The number of fused-ring (bicyclic) bond motifs is 1. The van der Waals surface area contributed by atoms with Crippen LogP contribution in [0.25, 0.3) is 11.2 Å². The Labute approximate surface area is 88.1 Å². The Balaban J connectivity index is 2.16. The summed E-state index contributed by atoms with van der Waals surface area (Å²) in [5.41, 5.74) is 2.58. The zero-order valence-electron chi connectivity index (χ0n) is 8.54. The summed E-state index contributed by atoms with van der Waals surface area (Å²) < 4.78 is 0. The van der Waals surface area contributed by atoms with E-state index in [2.05, 4.69) is 32.1 Å². The molecule has 2 N–H and O–H groups in total. The second-order valence-corrected chi connectivity index (χ2v) is 3.15. The first-order valence-corrected chi connectivity index (χ1v) is 4.83. The molecular formula is C11H12N4. The molecule has 0 aliphatic carbocycles. The zero-order chi connectivity index (χ0) is 10.5. The number of hydrogen-bond acceptors (Lipinski definition) is 3. The minimum absolute atomic E-state index is 0.732. The largest absolute Gasteiger partial charge is 0.343 e. The predicted molar refractivity (Wildman–Crippen MR) is 59.3 cm³/mol. The van der Waals surface area contributed by atoms with E-state index in [0.717, 1.165) is 29.7 Å². The Morgan fingerprint density at radius 2 is 2.40 bits per heavy atom. The van der Waals surface area contributed by atoms with Gasteiger partial charge in [0.1, 0.15) is 0 Å². The third kappa shape index (κ3) is 2.33. The van der Waals surface area contributed by atoms with Gasteiger partial charge in [0.05, 0.1) is 11.8 Å². The molecule has 2 heterocycles. The van der Waals surface area contributed by atoms with Gasteiger partial charge in [0, 0.05) is 24.7 Å². The normalized spacial score (nSPS) is 9.93. The van der Waals surface area contributed by atoms with Gasteiger partial charge in [-0.15, -0.1) is 0 Å². The van der Waals surface area contributed by atoms with Crippen LogP contribution in [-0.4, -0.2) is 28.5 Å². The predicted octanol–water partition coefficient (Wildman–Crippen LogP) is 0.919. The lowest BCUT2D eigenvalue weighted by Crippen LogP contribution is -2.05. The molecule has 0 spiro atoms. The first kappa shape index (κ1) is 9.69. The quantitative estimate of drug-likeness (QED) is 0.560. The van der Waals surface area contributed by atoms with E-state index in [1.165, 1.54) is 0 Å². The van der Waals surface area contributed by atoms with Crippen LogP contribution in [0.2, 0.25) is 0 Å². The fourth-order valence-electron chi connectivity index (χ4n) is 1.25. The first-order valence-electron chi connectivity index (χ1n) is 4.83. The fourth-order valence-corrected chi connectivity index (χ4v) is 1.25. The van der Waals surface area contributed by atoms with Crippen LogP contribution in [-0.2, 0) is 0 Å². The molecule has 0 amide bonds. The monoisotopic (exact) mass is 200 g/mol. The van der Waals surface area contributed by atoms with Crippen molar-refractivity contribution < 1.29 is 0 Å². The molecule has 0 radical (unpaired) electrons. The number of aromatic nitrogens is 3. The van der Waals surface area contributed by atoms with E-state index in [0.29, 0.717) is 0 Å². The zero-order valence-corrected chi connectivity index (χ0v) is 8.54. The number of pyridine rings is 1. The van der Waals surface area contributed by atoms with Crippen molar-refractivity contribution in [3.05, 3.63) is 24.2 Å². The molecule has 15 heavy (non-hydrogen) atoms. The van der Waals surface area contributed by atoms with Crippen LogP contribution < -0.4 is 5.32 Å². The summed E-state index contributed by atoms with van der Waals surface area (Å²) in [7, 11) is 1.92. The minimum Gasteiger partial charge on any atom is -0.343 e. The topological polar surface area (TPSA) is 53.6 Å². The fraction of sp³-hybridized carbons (Fsp3) is 0.273. The van der Waals surface area contributed by atoms with E-state index >= 15 is 0 Å². The summed E-state index contributed by atoms with van der Waals surface area (Å²) in [5, 5.41) is 3.05. The molecule has 4 heteroatoms. The van der Waals surface area contributed by atoms with Gasteiger partial charge < -0.3 is 10.3 Å². The summed E-state index contributed by atoms with van der Waals surface area (Å²) in [5.74, 6) is 6.13. The van der Waals surface area contributed by atoms with Gasteiger partial charge in [-0.2, -0.15) is 0 Å². The summed E-state index contributed by atoms with van der Waals surface area (Å²) in [6.07, 6.45) is 4.23. The van der Waals surface area contributed by atoms with Crippen molar-refractivity contribution in [1.82, 2.24) is 20.3 Å². The van der Waals surface area contributed by atoms with Crippen LogP contribution >= 0.6 is 0 Å². The molecule has 0 fully saturated rings. The Morgan fingerprint density at radius 3 is 3.27 bits per heavy atom. The lowest BCUT2D eigenvalue weighted by atomic mass is 10.2. The van der Waals surface area contributed by atoms with Gasteiger partial charge in [0.25, 0.3) is 0 Å². The number of nitrogens with one attached hydrogen (secondary N) is 2. The molecule has 2 aromatic heterocycles. The van der Waals surface area contributed by atoms with Gasteiger partial charge in [-0.3, -0.25) is 0 Å². The first-order chi connectivity index (χ1) is 7.40. The number of nitrogens with zero attached hydrogens (tertiary/aromatic N) is 2. The third-order valence-electron chi connectivity index (χ3n) is 2.01.